The molecule has 2 heterocycles. The van der Waals surface area contributed by atoms with Crippen molar-refractivity contribution in [3.05, 3.63) is 86.2 Å². The Bertz CT molecular complexity index is 1200. The number of anilines is 2. The first-order valence-corrected chi connectivity index (χ1v) is 9.99. The summed E-state index contributed by atoms with van der Waals surface area (Å²) in [5.74, 6) is -1.17. The number of halogens is 2. The molecule has 0 saturated heterocycles. The third kappa shape index (κ3) is 5.03. The van der Waals surface area contributed by atoms with E-state index >= 15 is 0 Å². The van der Waals surface area contributed by atoms with Crippen LogP contribution in [0.1, 0.15) is 35.2 Å². The molecule has 162 valence electrons. The minimum absolute atomic E-state index is 0.0473. The van der Waals surface area contributed by atoms with Gasteiger partial charge in [0.05, 0.1) is 23.8 Å². The number of aromatic nitrogens is 2. The molecule has 0 aliphatic heterocycles. The molecule has 2 aromatic heterocycles. The third-order valence-corrected chi connectivity index (χ3v) is 5.22. The topological polar surface area (TPSA) is 102 Å². The summed E-state index contributed by atoms with van der Waals surface area (Å²) in [6.07, 6.45) is 1.54. The Balaban J connectivity index is 1.83. The van der Waals surface area contributed by atoms with Gasteiger partial charge in [-0.2, -0.15) is 0 Å². The highest BCUT2D eigenvalue weighted by Crippen LogP contribution is 2.20. The van der Waals surface area contributed by atoms with Gasteiger partial charge in [-0.1, -0.05) is 11.6 Å². The van der Waals surface area contributed by atoms with E-state index in [2.05, 4.69) is 15.7 Å². The molecule has 9 heteroatoms. The Morgan fingerprint density at radius 1 is 1.26 bits per heavy atom. The number of nitrogens with zero attached hydrogens (tertiary/aromatic N) is 2. The predicted octanol–water partition coefficient (Wildman–Crippen LogP) is 3.72. The zero-order valence-electron chi connectivity index (χ0n) is 17.4. The highest BCUT2D eigenvalue weighted by molar-refractivity contribution is 6.30. The van der Waals surface area contributed by atoms with E-state index in [0.717, 1.165) is 0 Å². The molecule has 0 radical (unpaired) electrons. The summed E-state index contributed by atoms with van der Waals surface area (Å²) in [5, 5.41) is 3.19. The van der Waals surface area contributed by atoms with Crippen LogP contribution in [-0.2, 0) is 11.3 Å². The first kappa shape index (κ1) is 22.3. The molecular formula is C22H23ClFN5O2. The molecule has 1 atom stereocenters. The molecule has 1 unspecified atom stereocenters. The van der Waals surface area contributed by atoms with Crippen LogP contribution < -0.4 is 22.0 Å². The molecule has 1 amide bonds. The zero-order valence-corrected chi connectivity index (χ0v) is 18.1. The van der Waals surface area contributed by atoms with Gasteiger partial charge in [0.1, 0.15) is 11.6 Å². The fraction of sp³-hybridized carbons (Fsp3) is 0.227. The number of aryl methyl sites for hydroxylation is 2. The molecule has 7 nitrogen and oxygen atoms in total. The number of carbonyl (C=O) groups is 1. The molecule has 31 heavy (non-hydrogen) atoms. The normalized spacial score (nSPS) is 11.8. The van der Waals surface area contributed by atoms with Gasteiger partial charge in [-0.15, -0.1) is 0 Å². The van der Waals surface area contributed by atoms with Crippen LogP contribution in [0.15, 0.2) is 47.4 Å². The van der Waals surface area contributed by atoms with Crippen molar-refractivity contribution in [2.45, 2.75) is 33.2 Å². The maximum Gasteiger partial charge on any atom is 0.273 e. The number of benzene rings is 1. The van der Waals surface area contributed by atoms with Crippen LogP contribution in [0.4, 0.5) is 15.9 Å². The summed E-state index contributed by atoms with van der Waals surface area (Å²) in [4.78, 5) is 30.0. The number of nitrogens with one attached hydrogen (secondary N) is 2. The van der Waals surface area contributed by atoms with E-state index in [1.165, 1.54) is 22.9 Å². The van der Waals surface area contributed by atoms with Crippen molar-refractivity contribution in [1.29, 1.82) is 0 Å². The summed E-state index contributed by atoms with van der Waals surface area (Å²) in [6, 6.07) is 9.19. The van der Waals surface area contributed by atoms with Gasteiger partial charge in [0.15, 0.2) is 0 Å². The van der Waals surface area contributed by atoms with Crippen molar-refractivity contribution in [1.82, 2.24) is 9.66 Å². The first-order valence-electron chi connectivity index (χ1n) is 9.61. The lowest BCUT2D eigenvalue weighted by molar-refractivity contribution is -0.117. The van der Waals surface area contributed by atoms with Crippen molar-refractivity contribution in [2.24, 2.45) is 0 Å². The van der Waals surface area contributed by atoms with E-state index in [1.807, 2.05) is 0 Å². The molecular weight excluding hydrogens is 421 g/mol. The van der Waals surface area contributed by atoms with Crippen LogP contribution in [0.25, 0.3) is 0 Å². The van der Waals surface area contributed by atoms with Gasteiger partial charge in [-0.3, -0.25) is 9.59 Å². The van der Waals surface area contributed by atoms with E-state index in [0.29, 0.717) is 38.9 Å². The summed E-state index contributed by atoms with van der Waals surface area (Å²) in [6.45, 7) is 5.19. The zero-order chi connectivity index (χ0) is 22.7. The number of rotatable bonds is 6. The van der Waals surface area contributed by atoms with E-state index in [4.69, 9.17) is 17.3 Å². The summed E-state index contributed by atoms with van der Waals surface area (Å²) in [5.41, 5.74) is 10.6. The van der Waals surface area contributed by atoms with Gasteiger partial charge in [-0.25, -0.2) is 14.1 Å². The number of nitrogens with two attached hydrogens (primary N) is 1. The molecule has 0 aliphatic carbocycles. The number of carbonyl (C=O) groups excluding carboxylic acids is 1. The molecule has 0 aliphatic rings. The fourth-order valence-electron chi connectivity index (χ4n) is 3.23. The van der Waals surface area contributed by atoms with Crippen molar-refractivity contribution < 1.29 is 9.18 Å². The smallest absolute Gasteiger partial charge is 0.273 e. The standard InChI is InChI=1S/C22H23ClFN5O2/c1-12-8-9-29(26-11-15-10-16(23)4-5-17(15)24)22(31)20(12)13(2)21(30)28-18-6-7-19(25)27-14(18)3/h4-10,13,26H,11H2,1-3H3,(H2,25,27)(H,28,30). The lowest BCUT2D eigenvalue weighted by Gasteiger charge is -2.18. The SMILES string of the molecule is Cc1ccn(NCc2cc(Cl)ccc2F)c(=O)c1C(C)C(=O)Nc1ccc(N)nc1C. The average Bonchev–Trinajstić information content (AvgIpc) is 2.71. The van der Waals surface area contributed by atoms with Gasteiger partial charge in [0.2, 0.25) is 5.91 Å². The molecule has 0 fully saturated rings. The van der Waals surface area contributed by atoms with Crippen LogP contribution in [0.3, 0.4) is 0 Å². The Kier molecular flexibility index (Phi) is 6.60. The highest BCUT2D eigenvalue weighted by Gasteiger charge is 2.22. The minimum Gasteiger partial charge on any atom is -0.384 e. The van der Waals surface area contributed by atoms with Crippen molar-refractivity contribution in [3.63, 3.8) is 0 Å². The van der Waals surface area contributed by atoms with Crippen LogP contribution in [0, 0.1) is 19.7 Å². The molecule has 3 aromatic rings. The fourth-order valence-corrected chi connectivity index (χ4v) is 3.42. The number of hydrogen-bond donors (Lipinski definition) is 3. The second-order valence-electron chi connectivity index (χ2n) is 7.24. The number of nitrogen functional groups attached to an aromatic ring is 1. The summed E-state index contributed by atoms with van der Waals surface area (Å²) in [7, 11) is 0. The minimum atomic E-state index is -0.735. The molecule has 0 spiro atoms. The highest BCUT2D eigenvalue weighted by atomic mass is 35.5. The molecule has 0 saturated carbocycles. The van der Waals surface area contributed by atoms with Gasteiger partial charge in [0, 0.05) is 22.3 Å². The average molecular weight is 444 g/mol. The van der Waals surface area contributed by atoms with Crippen molar-refractivity contribution >= 4 is 29.0 Å². The molecule has 4 N–H and O–H groups in total. The quantitative estimate of drug-likeness (QED) is 0.539. The second-order valence-corrected chi connectivity index (χ2v) is 7.67. The molecule has 1 aromatic carbocycles. The van der Waals surface area contributed by atoms with Gasteiger partial charge < -0.3 is 16.5 Å². The van der Waals surface area contributed by atoms with Crippen LogP contribution >= 0.6 is 11.6 Å². The van der Waals surface area contributed by atoms with Crippen molar-refractivity contribution in [3.8, 4) is 0 Å². The third-order valence-electron chi connectivity index (χ3n) is 4.99. The van der Waals surface area contributed by atoms with Crippen LogP contribution in [0.5, 0.6) is 0 Å². The lowest BCUT2D eigenvalue weighted by Crippen LogP contribution is -2.34. The van der Waals surface area contributed by atoms with E-state index < -0.39 is 17.3 Å². The van der Waals surface area contributed by atoms with Crippen LogP contribution in [0.2, 0.25) is 5.02 Å². The number of hydrogen-bond acceptors (Lipinski definition) is 5. The van der Waals surface area contributed by atoms with Crippen LogP contribution in [-0.4, -0.2) is 15.6 Å². The Morgan fingerprint density at radius 3 is 2.71 bits per heavy atom. The molecule has 0 bridgehead atoms. The van der Waals surface area contributed by atoms with Gasteiger partial charge in [0.25, 0.3) is 5.56 Å². The Hall–Kier alpha value is -3.39. The predicted molar refractivity (Wildman–Crippen MR) is 120 cm³/mol. The van der Waals surface area contributed by atoms with E-state index in [1.54, 1.807) is 45.2 Å². The van der Waals surface area contributed by atoms with Gasteiger partial charge in [-0.05, 0) is 62.7 Å². The number of amides is 1. The maximum absolute atomic E-state index is 14.0. The monoisotopic (exact) mass is 443 g/mol. The summed E-state index contributed by atoms with van der Waals surface area (Å²) < 4.78 is 15.2. The largest absolute Gasteiger partial charge is 0.384 e. The Morgan fingerprint density at radius 2 is 2.00 bits per heavy atom. The van der Waals surface area contributed by atoms with E-state index in [9.17, 15) is 14.0 Å². The maximum atomic E-state index is 14.0. The van der Waals surface area contributed by atoms with Crippen molar-refractivity contribution in [2.75, 3.05) is 16.5 Å². The van der Waals surface area contributed by atoms with E-state index in [-0.39, 0.29) is 12.5 Å². The number of pyridine rings is 2. The first-order chi connectivity index (χ1) is 14.7. The van der Waals surface area contributed by atoms with Gasteiger partial charge >= 0.3 is 0 Å². The lowest BCUT2D eigenvalue weighted by atomic mass is 9.97. The molecule has 3 rings (SSSR count). The summed E-state index contributed by atoms with van der Waals surface area (Å²) >= 11 is 5.92. The second kappa shape index (κ2) is 9.18. The Labute approximate surface area is 184 Å².